The standard InChI is InChI=1S/C15H19NO4S2/c1-4-13-6-8-15(21-13)22(17,18)16-10-11-9-12(19-2)5-7-14(11)20-3/h5-9,16H,4,10H2,1-3H3. The number of benzene rings is 1. The van der Waals surface area contributed by atoms with Crippen LogP contribution in [0.15, 0.2) is 34.5 Å². The smallest absolute Gasteiger partial charge is 0.250 e. The predicted molar refractivity (Wildman–Crippen MR) is 87.3 cm³/mol. The number of rotatable bonds is 7. The molecular weight excluding hydrogens is 322 g/mol. The average molecular weight is 341 g/mol. The highest BCUT2D eigenvalue weighted by molar-refractivity contribution is 7.91. The van der Waals surface area contributed by atoms with Gasteiger partial charge in [0.1, 0.15) is 15.7 Å². The maximum Gasteiger partial charge on any atom is 0.250 e. The van der Waals surface area contributed by atoms with Gasteiger partial charge in [-0.15, -0.1) is 11.3 Å². The van der Waals surface area contributed by atoms with Gasteiger partial charge in [0.15, 0.2) is 0 Å². The summed E-state index contributed by atoms with van der Waals surface area (Å²) in [5.41, 5.74) is 0.720. The van der Waals surface area contributed by atoms with Gasteiger partial charge in [-0.05, 0) is 36.8 Å². The summed E-state index contributed by atoms with van der Waals surface area (Å²) in [6.45, 7) is 2.14. The SMILES string of the molecule is CCc1ccc(S(=O)(=O)NCc2cc(OC)ccc2OC)s1. The highest BCUT2D eigenvalue weighted by Crippen LogP contribution is 2.25. The highest BCUT2D eigenvalue weighted by atomic mass is 32.2. The Morgan fingerprint density at radius 2 is 1.91 bits per heavy atom. The number of hydrogen-bond acceptors (Lipinski definition) is 5. The van der Waals surface area contributed by atoms with Crippen molar-refractivity contribution in [1.29, 1.82) is 0 Å². The molecule has 0 atom stereocenters. The second-order valence-electron chi connectivity index (χ2n) is 4.58. The number of nitrogens with one attached hydrogen (secondary N) is 1. The van der Waals surface area contributed by atoms with Crippen molar-refractivity contribution in [2.24, 2.45) is 0 Å². The molecule has 0 unspecified atom stereocenters. The predicted octanol–water partition coefficient (Wildman–Crippen LogP) is 2.81. The van der Waals surface area contributed by atoms with Crippen molar-refractivity contribution < 1.29 is 17.9 Å². The van der Waals surface area contributed by atoms with E-state index < -0.39 is 10.0 Å². The summed E-state index contributed by atoms with van der Waals surface area (Å²) in [5, 5.41) is 0. The fourth-order valence-corrected chi connectivity index (χ4v) is 4.30. The third-order valence-corrected chi connectivity index (χ3v) is 6.31. The second kappa shape index (κ2) is 7.13. The van der Waals surface area contributed by atoms with Crippen LogP contribution in [-0.2, 0) is 23.0 Å². The zero-order valence-electron chi connectivity index (χ0n) is 12.8. The topological polar surface area (TPSA) is 64.6 Å². The molecule has 0 aliphatic heterocycles. The van der Waals surface area contributed by atoms with Gasteiger partial charge in [0.2, 0.25) is 10.0 Å². The second-order valence-corrected chi connectivity index (χ2v) is 7.74. The van der Waals surface area contributed by atoms with Gasteiger partial charge in [0.25, 0.3) is 0 Å². The molecule has 0 fully saturated rings. The molecule has 1 heterocycles. The van der Waals surface area contributed by atoms with Crippen LogP contribution in [0, 0.1) is 0 Å². The fraction of sp³-hybridized carbons (Fsp3) is 0.333. The third kappa shape index (κ3) is 3.79. The molecule has 0 saturated heterocycles. The molecule has 1 N–H and O–H groups in total. The van der Waals surface area contributed by atoms with Crippen LogP contribution in [-0.4, -0.2) is 22.6 Å². The van der Waals surface area contributed by atoms with Crippen LogP contribution in [0.1, 0.15) is 17.4 Å². The molecule has 1 aromatic carbocycles. The van der Waals surface area contributed by atoms with Gasteiger partial charge in [-0.3, -0.25) is 0 Å². The number of hydrogen-bond donors (Lipinski definition) is 1. The minimum atomic E-state index is -3.52. The molecule has 1 aromatic heterocycles. The van der Waals surface area contributed by atoms with E-state index in [1.54, 1.807) is 38.5 Å². The van der Waals surface area contributed by atoms with Gasteiger partial charge >= 0.3 is 0 Å². The number of methoxy groups -OCH3 is 2. The van der Waals surface area contributed by atoms with E-state index in [1.807, 2.05) is 13.0 Å². The van der Waals surface area contributed by atoms with Gasteiger partial charge in [0, 0.05) is 17.0 Å². The van der Waals surface area contributed by atoms with Crippen LogP contribution < -0.4 is 14.2 Å². The lowest BCUT2D eigenvalue weighted by Crippen LogP contribution is -2.22. The lowest BCUT2D eigenvalue weighted by molar-refractivity contribution is 0.398. The highest BCUT2D eigenvalue weighted by Gasteiger charge is 2.17. The van der Waals surface area contributed by atoms with Crippen LogP contribution in [0.3, 0.4) is 0 Å². The van der Waals surface area contributed by atoms with E-state index in [0.29, 0.717) is 15.7 Å². The minimum absolute atomic E-state index is 0.141. The number of thiophene rings is 1. The summed E-state index contributed by atoms with van der Waals surface area (Å²) in [4.78, 5) is 1.04. The Balaban J connectivity index is 2.18. The molecule has 2 aromatic rings. The Kier molecular flexibility index (Phi) is 5.44. The molecule has 7 heteroatoms. The Labute approximate surface area is 134 Å². The van der Waals surface area contributed by atoms with Gasteiger partial charge in [-0.2, -0.15) is 0 Å². The molecule has 0 aliphatic carbocycles. The van der Waals surface area contributed by atoms with Gasteiger partial charge in [-0.25, -0.2) is 13.1 Å². The maximum absolute atomic E-state index is 12.3. The van der Waals surface area contributed by atoms with Crippen LogP contribution in [0.5, 0.6) is 11.5 Å². The quantitative estimate of drug-likeness (QED) is 0.841. The lowest BCUT2D eigenvalue weighted by atomic mass is 10.2. The van der Waals surface area contributed by atoms with E-state index in [4.69, 9.17) is 9.47 Å². The first kappa shape index (κ1) is 16.8. The summed E-state index contributed by atoms with van der Waals surface area (Å²) >= 11 is 1.29. The van der Waals surface area contributed by atoms with E-state index in [-0.39, 0.29) is 6.54 Å². The summed E-state index contributed by atoms with van der Waals surface area (Å²) in [5.74, 6) is 1.27. The minimum Gasteiger partial charge on any atom is -0.497 e. The Morgan fingerprint density at radius 3 is 2.50 bits per heavy atom. The molecule has 5 nitrogen and oxygen atoms in total. The van der Waals surface area contributed by atoms with Crippen molar-refractivity contribution in [2.45, 2.75) is 24.1 Å². The molecule has 22 heavy (non-hydrogen) atoms. The normalized spacial score (nSPS) is 11.4. The van der Waals surface area contributed by atoms with Crippen LogP contribution in [0.25, 0.3) is 0 Å². The first-order chi connectivity index (χ1) is 10.5. The van der Waals surface area contributed by atoms with Crippen LogP contribution >= 0.6 is 11.3 Å². The summed E-state index contributed by atoms with van der Waals surface area (Å²) in [7, 11) is -0.409. The molecule has 0 bridgehead atoms. The molecule has 0 aliphatic rings. The van der Waals surface area contributed by atoms with Crippen molar-refractivity contribution in [3.63, 3.8) is 0 Å². The van der Waals surface area contributed by atoms with Crippen LogP contribution in [0.2, 0.25) is 0 Å². The van der Waals surface area contributed by atoms with Crippen molar-refractivity contribution in [2.75, 3.05) is 14.2 Å². The monoisotopic (exact) mass is 341 g/mol. The van der Waals surface area contributed by atoms with Gasteiger partial charge in [0.05, 0.1) is 14.2 Å². The summed E-state index contributed by atoms with van der Waals surface area (Å²) < 4.78 is 38.0. The summed E-state index contributed by atoms with van der Waals surface area (Å²) in [6.07, 6.45) is 0.823. The molecule has 2 rings (SSSR count). The molecule has 0 radical (unpaired) electrons. The Morgan fingerprint density at radius 1 is 1.14 bits per heavy atom. The zero-order valence-corrected chi connectivity index (χ0v) is 14.4. The summed E-state index contributed by atoms with van der Waals surface area (Å²) in [6, 6.07) is 8.75. The van der Waals surface area contributed by atoms with Crippen molar-refractivity contribution in [1.82, 2.24) is 4.72 Å². The molecular formula is C15H19NO4S2. The van der Waals surface area contributed by atoms with Gasteiger partial charge < -0.3 is 9.47 Å². The largest absolute Gasteiger partial charge is 0.497 e. The molecule has 120 valence electrons. The lowest BCUT2D eigenvalue weighted by Gasteiger charge is -2.11. The third-order valence-electron chi connectivity index (χ3n) is 3.19. The van der Waals surface area contributed by atoms with Crippen molar-refractivity contribution in [3.8, 4) is 11.5 Å². The molecule has 0 spiro atoms. The van der Waals surface area contributed by atoms with Crippen molar-refractivity contribution in [3.05, 3.63) is 40.8 Å². The number of sulfonamides is 1. The first-order valence-corrected chi connectivity index (χ1v) is 9.09. The molecule has 0 amide bonds. The van der Waals surface area contributed by atoms with Crippen molar-refractivity contribution >= 4 is 21.4 Å². The van der Waals surface area contributed by atoms with E-state index in [1.165, 1.54) is 11.3 Å². The van der Waals surface area contributed by atoms with Gasteiger partial charge in [-0.1, -0.05) is 6.92 Å². The van der Waals surface area contributed by atoms with E-state index in [0.717, 1.165) is 16.9 Å². The van der Waals surface area contributed by atoms with Crippen LogP contribution in [0.4, 0.5) is 0 Å². The number of aryl methyl sites for hydroxylation is 1. The average Bonchev–Trinajstić information content (AvgIpc) is 3.02. The molecule has 0 saturated carbocycles. The maximum atomic E-state index is 12.3. The first-order valence-electron chi connectivity index (χ1n) is 6.79. The Bertz CT molecular complexity index is 738. The van der Waals surface area contributed by atoms with E-state index in [2.05, 4.69) is 4.72 Å². The number of ether oxygens (including phenoxy) is 2. The van der Waals surface area contributed by atoms with E-state index >= 15 is 0 Å². The zero-order chi connectivity index (χ0) is 16.2. The fourth-order valence-electron chi connectivity index (χ4n) is 1.96. The van der Waals surface area contributed by atoms with E-state index in [9.17, 15) is 8.42 Å². The Hall–Kier alpha value is -1.57.